The van der Waals surface area contributed by atoms with Crippen molar-refractivity contribution >= 4 is 29.1 Å². The summed E-state index contributed by atoms with van der Waals surface area (Å²) in [5, 5.41) is 3.82. The molecule has 0 spiro atoms. The smallest absolute Gasteiger partial charge is 0.228 e. The third kappa shape index (κ3) is 3.04. The maximum atomic E-state index is 12.5. The van der Waals surface area contributed by atoms with E-state index in [0.717, 1.165) is 31.9 Å². The van der Waals surface area contributed by atoms with Gasteiger partial charge in [-0.15, -0.1) is 0 Å². The molecule has 2 heterocycles. The van der Waals surface area contributed by atoms with Gasteiger partial charge in [-0.3, -0.25) is 9.59 Å². The zero-order valence-electron chi connectivity index (χ0n) is 11.7. The molecule has 0 radical (unpaired) electrons. The number of hydrogen-bond donors (Lipinski definition) is 1. The standard InChI is InChI=1S/C15H18ClN3O2/c16-12-2-1-3-13(9-12)19-10-11(8-14(19)20)15(21)18-6-4-17-5-7-18/h1-3,9,11,17H,4-8,10H2. The molecule has 1 aromatic rings. The largest absolute Gasteiger partial charge is 0.340 e. The lowest BCUT2D eigenvalue weighted by atomic mass is 10.1. The maximum absolute atomic E-state index is 12.5. The van der Waals surface area contributed by atoms with E-state index in [1.165, 1.54) is 0 Å². The highest BCUT2D eigenvalue weighted by Gasteiger charge is 2.37. The summed E-state index contributed by atoms with van der Waals surface area (Å²) >= 11 is 5.97. The van der Waals surface area contributed by atoms with Gasteiger partial charge >= 0.3 is 0 Å². The summed E-state index contributed by atoms with van der Waals surface area (Å²) in [6, 6.07) is 7.20. The lowest BCUT2D eigenvalue weighted by molar-refractivity contribution is -0.136. The summed E-state index contributed by atoms with van der Waals surface area (Å²) < 4.78 is 0. The minimum atomic E-state index is -0.241. The second-order valence-corrected chi connectivity index (χ2v) is 5.90. The van der Waals surface area contributed by atoms with Gasteiger partial charge in [0.25, 0.3) is 0 Å². The summed E-state index contributed by atoms with van der Waals surface area (Å²) in [7, 11) is 0. The van der Waals surface area contributed by atoms with Gasteiger partial charge in [0, 0.05) is 49.9 Å². The molecule has 2 saturated heterocycles. The highest BCUT2D eigenvalue weighted by molar-refractivity contribution is 6.30. The average Bonchev–Trinajstić information content (AvgIpc) is 2.89. The number of nitrogens with zero attached hydrogens (tertiary/aromatic N) is 2. The molecule has 1 N–H and O–H groups in total. The van der Waals surface area contributed by atoms with Crippen LogP contribution in [0.5, 0.6) is 0 Å². The molecule has 5 nitrogen and oxygen atoms in total. The number of amides is 2. The van der Waals surface area contributed by atoms with Crippen molar-refractivity contribution in [3.8, 4) is 0 Å². The lowest BCUT2D eigenvalue weighted by Crippen LogP contribution is -2.48. The van der Waals surface area contributed by atoms with Gasteiger partial charge in [-0.05, 0) is 18.2 Å². The van der Waals surface area contributed by atoms with Gasteiger partial charge < -0.3 is 15.1 Å². The van der Waals surface area contributed by atoms with Gasteiger partial charge in [0.05, 0.1) is 5.92 Å². The van der Waals surface area contributed by atoms with Crippen molar-refractivity contribution < 1.29 is 9.59 Å². The van der Waals surface area contributed by atoms with Crippen LogP contribution in [0.2, 0.25) is 5.02 Å². The van der Waals surface area contributed by atoms with Crippen LogP contribution in [0, 0.1) is 5.92 Å². The maximum Gasteiger partial charge on any atom is 0.228 e. The molecule has 112 valence electrons. The predicted molar refractivity (Wildman–Crippen MR) is 81.4 cm³/mol. The van der Waals surface area contributed by atoms with E-state index < -0.39 is 0 Å². The molecule has 2 fully saturated rings. The number of benzene rings is 1. The number of piperazine rings is 1. The fraction of sp³-hybridized carbons (Fsp3) is 0.467. The average molecular weight is 308 g/mol. The Hall–Kier alpha value is -1.59. The van der Waals surface area contributed by atoms with Crippen LogP contribution in [0.3, 0.4) is 0 Å². The van der Waals surface area contributed by atoms with Crippen LogP contribution in [-0.4, -0.2) is 49.4 Å². The number of rotatable bonds is 2. The molecule has 2 aliphatic heterocycles. The van der Waals surface area contributed by atoms with Crippen LogP contribution in [0.15, 0.2) is 24.3 Å². The van der Waals surface area contributed by atoms with Gasteiger partial charge in [0.1, 0.15) is 0 Å². The minimum absolute atomic E-state index is 0.00856. The van der Waals surface area contributed by atoms with Crippen molar-refractivity contribution in [2.45, 2.75) is 6.42 Å². The Labute approximate surface area is 128 Å². The molecular weight excluding hydrogens is 290 g/mol. The predicted octanol–water partition coefficient (Wildman–Crippen LogP) is 1.12. The first kappa shape index (κ1) is 14.4. The van der Waals surface area contributed by atoms with E-state index in [1.807, 2.05) is 17.0 Å². The van der Waals surface area contributed by atoms with Crippen molar-refractivity contribution in [1.82, 2.24) is 10.2 Å². The first-order valence-corrected chi connectivity index (χ1v) is 7.58. The Morgan fingerprint density at radius 1 is 1.29 bits per heavy atom. The fourth-order valence-corrected chi connectivity index (χ4v) is 3.09. The molecule has 0 aliphatic carbocycles. The number of carbonyl (C=O) groups is 2. The summed E-state index contributed by atoms with van der Waals surface area (Å²) in [5.41, 5.74) is 0.767. The van der Waals surface area contributed by atoms with Crippen LogP contribution in [0.1, 0.15) is 6.42 Å². The zero-order valence-corrected chi connectivity index (χ0v) is 12.5. The molecule has 0 bridgehead atoms. The molecule has 1 aromatic carbocycles. The Morgan fingerprint density at radius 2 is 2.05 bits per heavy atom. The summed E-state index contributed by atoms with van der Waals surface area (Å²) in [6.07, 6.45) is 0.287. The number of nitrogens with one attached hydrogen (secondary N) is 1. The second-order valence-electron chi connectivity index (χ2n) is 5.46. The van der Waals surface area contributed by atoms with Gasteiger partial charge in [0.15, 0.2) is 0 Å². The topological polar surface area (TPSA) is 52.7 Å². The first-order valence-electron chi connectivity index (χ1n) is 7.20. The van der Waals surface area contributed by atoms with Gasteiger partial charge in [-0.2, -0.15) is 0 Å². The first-order chi connectivity index (χ1) is 10.1. The van der Waals surface area contributed by atoms with Crippen LogP contribution in [-0.2, 0) is 9.59 Å². The Kier molecular flexibility index (Phi) is 4.12. The van der Waals surface area contributed by atoms with Gasteiger partial charge in [0.2, 0.25) is 11.8 Å². The normalized spacial score (nSPS) is 22.7. The summed E-state index contributed by atoms with van der Waals surface area (Å²) in [5.74, 6) is -0.158. The molecule has 6 heteroatoms. The minimum Gasteiger partial charge on any atom is -0.340 e. The van der Waals surface area contributed by atoms with E-state index in [1.54, 1.807) is 17.0 Å². The third-order valence-electron chi connectivity index (χ3n) is 4.02. The Morgan fingerprint density at radius 3 is 2.76 bits per heavy atom. The van der Waals surface area contributed by atoms with Crippen molar-refractivity contribution in [2.24, 2.45) is 5.92 Å². The summed E-state index contributed by atoms with van der Waals surface area (Å²) in [4.78, 5) is 28.2. The molecule has 2 amide bonds. The number of carbonyl (C=O) groups excluding carboxylic acids is 2. The van der Waals surface area contributed by atoms with Crippen LogP contribution in [0.4, 0.5) is 5.69 Å². The highest BCUT2D eigenvalue weighted by atomic mass is 35.5. The second kappa shape index (κ2) is 6.03. The van der Waals surface area contributed by atoms with E-state index in [4.69, 9.17) is 11.6 Å². The molecular formula is C15H18ClN3O2. The molecule has 0 saturated carbocycles. The van der Waals surface area contributed by atoms with Crippen LogP contribution in [0.25, 0.3) is 0 Å². The van der Waals surface area contributed by atoms with Gasteiger partial charge in [-0.1, -0.05) is 17.7 Å². The summed E-state index contributed by atoms with van der Waals surface area (Å²) in [6.45, 7) is 3.54. The Bertz CT molecular complexity index is 558. The molecule has 1 atom stereocenters. The Balaban J connectivity index is 1.70. The van der Waals surface area contributed by atoms with Crippen LogP contribution >= 0.6 is 11.6 Å². The third-order valence-corrected chi connectivity index (χ3v) is 4.26. The van der Waals surface area contributed by atoms with Crippen molar-refractivity contribution in [3.05, 3.63) is 29.3 Å². The van der Waals surface area contributed by atoms with Gasteiger partial charge in [-0.25, -0.2) is 0 Å². The van der Waals surface area contributed by atoms with E-state index >= 15 is 0 Å². The number of hydrogen-bond acceptors (Lipinski definition) is 3. The molecule has 1 unspecified atom stereocenters. The van der Waals surface area contributed by atoms with Crippen molar-refractivity contribution in [3.63, 3.8) is 0 Å². The molecule has 21 heavy (non-hydrogen) atoms. The van der Waals surface area contributed by atoms with E-state index in [2.05, 4.69) is 5.32 Å². The highest BCUT2D eigenvalue weighted by Crippen LogP contribution is 2.28. The molecule has 3 rings (SSSR count). The number of anilines is 1. The SMILES string of the molecule is O=C(C1CC(=O)N(c2cccc(Cl)c2)C1)N1CCNCC1. The quantitative estimate of drug-likeness (QED) is 0.891. The fourth-order valence-electron chi connectivity index (χ4n) is 2.91. The molecule has 2 aliphatic rings. The number of halogens is 1. The van der Waals surface area contributed by atoms with Crippen molar-refractivity contribution in [1.29, 1.82) is 0 Å². The molecule has 0 aromatic heterocycles. The van der Waals surface area contributed by atoms with E-state index in [-0.39, 0.29) is 24.2 Å². The van der Waals surface area contributed by atoms with E-state index in [9.17, 15) is 9.59 Å². The zero-order chi connectivity index (χ0) is 14.8. The monoisotopic (exact) mass is 307 g/mol. The van der Waals surface area contributed by atoms with Crippen molar-refractivity contribution in [2.75, 3.05) is 37.6 Å². The van der Waals surface area contributed by atoms with E-state index in [0.29, 0.717) is 11.6 Å². The lowest BCUT2D eigenvalue weighted by Gasteiger charge is -2.29. The van der Waals surface area contributed by atoms with Crippen LogP contribution < -0.4 is 10.2 Å².